The van der Waals surface area contributed by atoms with E-state index in [0.717, 1.165) is 18.3 Å². The van der Waals surface area contributed by atoms with Gasteiger partial charge in [0.15, 0.2) is 0 Å². The van der Waals surface area contributed by atoms with Crippen LogP contribution in [0, 0.1) is 11.8 Å². The molecule has 144 valence electrons. The fourth-order valence-corrected chi connectivity index (χ4v) is 2.39. The molecule has 0 bridgehead atoms. The molecule has 0 heterocycles. The minimum Gasteiger partial charge on any atom is -0.445 e. The van der Waals surface area contributed by atoms with E-state index in [4.69, 9.17) is 4.74 Å². The van der Waals surface area contributed by atoms with Gasteiger partial charge in [0.05, 0.1) is 6.04 Å². The van der Waals surface area contributed by atoms with Crippen LogP contribution in [0.3, 0.4) is 0 Å². The number of hydrogen-bond donors (Lipinski definition) is 2. The maximum atomic E-state index is 12.5. The van der Waals surface area contributed by atoms with Gasteiger partial charge < -0.3 is 20.2 Å². The Kier molecular flexibility index (Phi) is 9.41. The van der Waals surface area contributed by atoms with E-state index in [-0.39, 0.29) is 18.4 Å². The first-order valence-electron chi connectivity index (χ1n) is 9.06. The van der Waals surface area contributed by atoms with Crippen molar-refractivity contribution in [1.82, 2.24) is 10.6 Å². The van der Waals surface area contributed by atoms with Crippen LogP contribution in [0.2, 0.25) is 0 Å². The summed E-state index contributed by atoms with van der Waals surface area (Å²) in [6.45, 7) is 7.90. The van der Waals surface area contributed by atoms with Gasteiger partial charge in [-0.1, -0.05) is 58.0 Å². The maximum Gasteiger partial charge on any atom is 0.408 e. The highest BCUT2D eigenvalue weighted by Gasteiger charge is 2.26. The average molecular weight is 362 g/mol. The van der Waals surface area contributed by atoms with E-state index < -0.39 is 18.2 Å². The molecule has 1 aromatic carbocycles. The average Bonchev–Trinajstić information content (AvgIpc) is 2.61. The summed E-state index contributed by atoms with van der Waals surface area (Å²) >= 11 is 0. The van der Waals surface area contributed by atoms with Crippen molar-refractivity contribution in [2.24, 2.45) is 11.8 Å². The van der Waals surface area contributed by atoms with Gasteiger partial charge in [0.25, 0.3) is 0 Å². The van der Waals surface area contributed by atoms with Crippen molar-refractivity contribution < 1.29 is 19.1 Å². The number of ether oxygens (including phenoxy) is 1. The van der Waals surface area contributed by atoms with Gasteiger partial charge in [-0.25, -0.2) is 4.79 Å². The monoisotopic (exact) mass is 362 g/mol. The van der Waals surface area contributed by atoms with Crippen molar-refractivity contribution in [2.45, 2.75) is 59.2 Å². The molecule has 6 heteroatoms. The molecule has 1 aromatic rings. The van der Waals surface area contributed by atoms with Crippen molar-refractivity contribution in [3.63, 3.8) is 0 Å². The Labute approximate surface area is 155 Å². The molecular formula is C20H30N2O4. The number of carbonyl (C=O) groups is 3. The molecule has 0 unspecified atom stereocenters. The van der Waals surface area contributed by atoms with Crippen LogP contribution in [0.4, 0.5) is 4.79 Å². The summed E-state index contributed by atoms with van der Waals surface area (Å²) in [4.78, 5) is 35.7. The Hall–Kier alpha value is -2.37. The van der Waals surface area contributed by atoms with Crippen LogP contribution in [-0.4, -0.2) is 30.4 Å². The zero-order valence-electron chi connectivity index (χ0n) is 16.0. The molecular weight excluding hydrogens is 332 g/mol. The first kappa shape index (κ1) is 21.7. The second-order valence-electron chi connectivity index (χ2n) is 7.15. The Bertz CT molecular complexity index is 572. The summed E-state index contributed by atoms with van der Waals surface area (Å²) in [6, 6.07) is 7.99. The van der Waals surface area contributed by atoms with E-state index in [1.807, 2.05) is 44.2 Å². The lowest BCUT2D eigenvalue weighted by atomic mass is 10.0. The zero-order valence-corrected chi connectivity index (χ0v) is 16.0. The van der Waals surface area contributed by atoms with Crippen molar-refractivity contribution in [1.29, 1.82) is 0 Å². The van der Waals surface area contributed by atoms with Crippen molar-refractivity contribution in [3.8, 4) is 0 Å². The van der Waals surface area contributed by atoms with Gasteiger partial charge in [-0.2, -0.15) is 0 Å². The molecule has 0 saturated heterocycles. The topological polar surface area (TPSA) is 84.5 Å². The number of amides is 2. The Morgan fingerprint density at radius 1 is 1.04 bits per heavy atom. The van der Waals surface area contributed by atoms with E-state index in [0.29, 0.717) is 12.3 Å². The van der Waals surface area contributed by atoms with Crippen LogP contribution in [0.1, 0.15) is 46.1 Å². The maximum absolute atomic E-state index is 12.5. The second-order valence-corrected chi connectivity index (χ2v) is 7.15. The van der Waals surface area contributed by atoms with Crippen molar-refractivity contribution in [2.75, 3.05) is 0 Å². The summed E-state index contributed by atoms with van der Waals surface area (Å²) in [7, 11) is 0. The van der Waals surface area contributed by atoms with Crippen LogP contribution in [0.25, 0.3) is 0 Å². The van der Waals surface area contributed by atoms with E-state index in [1.54, 1.807) is 0 Å². The fourth-order valence-electron chi connectivity index (χ4n) is 2.39. The molecule has 0 aromatic heterocycles. The van der Waals surface area contributed by atoms with Crippen LogP contribution in [-0.2, 0) is 20.9 Å². The van der Waals surface area contributed by atoms with Crippen LogP contribution >= 0.6 is 0 Å². The standard InChI is InChI=1S/C20H30N2O4/c1-14(2)10-11-17(12-23)21-19(24)18(15(3)4)22-20(25)26-13-16-8-6-5-7-9-16/h5-9,12,14-15,17-18H,10-11,13H2,1-4H3,(H,21,24)(H,22,25)/t17-,18-/m0/s1. The van der Waals surface area contributed by atoms with Gasteiger partial charge >= 0.3 is 6.09 Å². The molecule has 6 nitrogen and oxygen atoms in total. The lowest BCUT2D eigenvalue weighted by molar-refractivity contribution is -0.126. The molecule has 0 aliphatic carbocycles. The number of rotatable bonds is 10. The summed E-state index contributed by atoms with van der Waals surface area (Å²) in [5, 5.41) is 5.30. The van der Waals surface area contributed by atoms with E-state index in [1.165, 1.54) is 0 Å². The summed E-state index contributed by atoms with van der Waals surface area (Å²) < 4.78 is 5.17. The highest BCUT2D eigenvalue weighted by molar-refractivity contribution is 5.87. The Morgan fingerprint density at radius 2 is 1.69 bits per heavy atom. The summed E-state index contributed by atoms with van der Waals surface area (Å²) in [5.74, 6) is -0.0736. The molecule has 0 saturated carbocycles. The number of hydrogen-bond acceptors (Lipinski definition) is 4. The largest absolute Gasteiger partial charge is 0.445 e. The third-order valence-electron chi connectivity index (χ3n) is 3.98. The minimum absolute atomic E-state index is 0.129. The first-order chi connectivity index (χ1) is 12.3. The van der Waals surface area contributed by atoms with Crippen LogP contribution in [0.15, 0.2) is 30.3 Å². The molecule has 2 atom stereocenters. The van der Waals surface area contributed by atoms with Crippen LogP contribution < -0.4 is 10.6 Å². The van der Waals surface area contributed by atoms with Gasteiger partial charge in [0, 0.05) is 0 Å². The predicted octanol–water partition coefficient (Wildman–Crippen LogP) is 3.06. The molecule has 0 radical (unpaired) electrons. The first-order valence-corrected chi connectivity index (χ1v) is 9.06. The highest BCUT2D eigenvalue weighted by Crippen LogP contribution is 2.08. The molecule has 26 heavy (non-hydrogen) atoms. The van der Waals surface area contributed by atoms with Crippen molar-refractivity contribution >= 4 is 18.3 Å². The third kappa shape index (κ3) is 8.14. The highest BCUT2D eigenvalue weighted by atomic mass is 16.5. The fraction of sp³-hybridized carbons (Fsp3) is 0.550. The predicted molar refractivity (Wildman–Crippen MR) is 100 cm³/mol. The number of benzene rings is 1. The SMILES string of the molecule is CC(C)CC[C@@H](C=O)NC(=O)[C@@H](NC(=O)OCc1ccccc1)C(C)C. The lowest BCUT2D eigenvalue weighted by Crippen LogP contribution is -2.52. The smallest absolute Gasteiger partial charge is 0.408 e. The van der Waals surface area contributed by atoms with E-state index >= 15 is 0 Å². The van der Waals surface area contributed by atoms with Gasteiger partial charge in [0.2, 0.25) is 5.91 Å². The lowest BCUT2D eigenvalue weighted by Gasteiger charge is -2.23. The quantitative estimate of drug-likeness (QED) is 0.627. The Balaban J connectivity index is 2.56. The molecule has 1 rings (SSSR count). The minimum atomic E-state index is -0.764. The molecule has 0 aliphatic heterocycles. The normalized spacial score (nSPS) is 13.2. The van der Waals surface area contributed by atoms with E-state index in [2.05, 4.69) is 24.5 Å². The van der Waals surface area contributed by atoms with Gasteiger partial charge in [0.1, 0.15) is 18.9 Å². The molecule has 0 aliphatic rings. The molecule has 2 N–H and O–H groups in total. The van der Waals surface area contributed by atoms with Crippen molar-refractivity contribution in [3.05, 3.63) is 35.9 Å². The summed E-state index contributed by atoms with van der Waals surface area (Å²) in [6.07, 6.45) is 1.50. The number of aldehydes is 1. The Morgan fingerprint density at radius 3 is 2.23 bits per heavy atom. The van der Waals surface area contributed by atoms with E-state index in [9.17, 15) is 14.4 Å². The third-order valence-corrected chi connectivity index (χ3v) is 3.98. The molecule has 2 amide bonds. The second kappa shape index (κ2) is 11.3. The summed E-state index contributed by atoms with van der Waals surface area (Å²) in [5.41, 5.74) is 0.864. The van der Waals surface area contributed by atoms with Crippen LogP contribution in [0.5, 0.6) is 0 Å². The number of carbonyl (C=O) groups excluding carboxylic acids is 3. The van der Waals surface area contributed by atoms with Gasteiger partial charge in [-0.05, 0) is 30.2 Å². The number of nitrogens with one attached hydrogen (secondary N) is 2. The zero-order chi connectivity index (χ0) is 19.5. The molecule has 0 spiro atoms. The van der Waals surface area contributed by atoms with Gasteiger partial charge in [-0.15, -0.1) is 0 Å². The molecule has 0 fully saturated rings. The van der Waals surface area contributed by atoms with Gasteiger partial charge in [-0.3, -0.25) is 4.79 Å². The number of alkyl carbamates (subject to hydrolysis) is 1.